The first kappa shape index (κ1) is 12.5. The van der Waals surface area contributed by atoms with Gasteiger partial charge in [0.1, 0.15) is 24.7 Å². The first-order chi connectivity index (χ1) is 9.13. The summed E-state index contributed by atoms with van der Waals surface area (Å²) in [5.74, 6) is 0.484. The molecule has 2 aliphatic rings. The Kier molecular flexibility index (Phi) is 2.99. The molecule has 3 rings (SSSR count). The second-order valence-electron chi connectivity index (χ2n) is 4.47. The van der Waals surface area contributed by atoms with Crippen molar-refractivity contribution in [3.8, 4) is 0 Å². The fourth-order valence-electron chi connectivity index (χ4n) is 2.31. The van der Waals surface area contributed by atoms with Crippen LogP contribution >= 0.6 is 0 Å². The summed E-state index contributed by atoms with van der Waals surface area (Å²) < 4.78 is 6.91. The van der Waals surface area contributed by atoms with E-state index in [1.807, 2.05) is 0 Å². The zero-order valence-electron chi connectivity index (χ0n) is 9.84. The highest BCUT2D eigenvalue weighted by molar-refractivity contribution is 5.75. The van der Waals surface area contributed by atoms with Crippen LogP contribution in [0.25, 0.3) is 0 Å². The van der Waals surface area contributed by atoms with Crippen molar-refractivity contribution < 1.29 is 29.7 Å². The molecule has 1 aromatic rings. The molecule has 0 amide bonds. The van der Waals surface area contributed by atoms with Crippen molar-refractivity contribution in [2.24, 2.45) is 4.99 Å². The Bertz CT molecular complexity index is 504. The molecule has 9 heteroatoms. The highest BCUT2D eigenvalue weighted by atomic mass is 16.6. The van der Waals surface area contributed by atoms with Gasteiger partial charge < -0.3 is 25.2 Å². The number of aliphatic imine (C=N–C) groups is 1. The molecular formula is C10H15N4O5+. The van der Waals surface area contributed by atoms with Gasteiger partial charge in [-0.1, -0.05) is 0 Å². The molecule has 0 saturated carbocycles. The van der Waals surface area contributed by atoms with Gasteiger partial charge in [-0.2, -0.15) is 0 Å². The van der Waals surface area contributed by atoms with E-state index in [1.165, 1.54) is 17.2 Å². The number of aromatic nitrogens is 2. The monoisotopic (exact) mass is 271 g/mol. The molecule has 0 aliphatic carbocycles. The average Bonchev–Trinajstić information content (AvgIpc) is 2.94. The molecular weight excluding hydrogens is 256 g/mol. The summed E-state index contributed by atoms with van der Waals surface area (Å²) in [4.78, 5) is 6.58. The van der Waals surface area contributed by atoms with E-state index in [0.717, 1.165) is 0 Å². The Morgan fingerprint density at radius 1 is 1.32 bits per heavy atom. The zero-order chi connectivity index (χ0) is 13.6. The molecule has 0 bridgehead atoms. The molecule has 6 N–H and O–H groups in total. The van der Waals surface area contributed by atoms with Crippen LogP contribution in [0.2, 0.25) is 0 Å². The molecule has 5 atom stereocenters. The van der Waals surface area contributed by atoms with E-state index >= 15 is 0 Å². The number of aromatic amines is 1. The Morgan fingerprint density at radius 2 is 2.11 bits per heavy atom. The standard InChI is InChI=1S/C10H14N4O5/c15-1-4-6(16)7(17)10(19-4)14-3-13-5-8(14)11-2-12-9(5)18/h2-4,6-7,9-10,15-18H,1H2,(H,11,12)/p+1/t4-,6-,7+,9+,10+/m0/s1. The number of hydrogen-bond acceptors (Lipinski definition) is 7. The van der Waals surface area contributed by atoms with E-state index in [-0.39, 0.29) is 6.61 Å². The van der Waals surface area contributed by atoms with Gasteiger partial charge in [0.05, 0.1) is 6.61 Å². The van der Waals surface area contributed by atoms with Crippen LogP contribution in [0.3, 0.4) is 0 Å². The lowest BCUT2D eigenvalue weighted by atomic mass is 10.1. The topological polar surface area (TPSA) is 134 Å². The second-order valence-corrected chi connectivity index (χ2v) is 4.47. The first-order valence-electron chi connectivity index (χ1n) is 5.84. The molecule has 1 fully saturated rings. The Balaban J connectivity index is 1.92. The predicted molar refractivity (Wildman–Crippen MR) is 61.1 cm³/mol. The molecule has 0 radical (unpaired) electrons. The predicted octanol–water partition coefficient (Wildman–Crippen LogP) is -2.64. The van der Waals surface area contributed by atoms with Crippen LogP contribution in [0.1, 0.15) is 18.1 Å². The maximum atomic E-state index is 9.95. The third kappa shape index (κ3) is 1.83. The van der Waals surface area contributed by atoms with Gasteiger partial charge in [0.15, 0.2) is 12.0 Å². The number of imidazole rings is 1. The van der Waals surface area contributed by atoms with Crippen molar-refractivity contribution >= 4 is 12.2 Å². The summed E-state index contributed by atoms with van der Waals surface area (Å²) >= 11 is 0. The minimum absolute atomic E-state index is 0.389. The van der Waals surface area contributed by atoms with Gasteiger partial charge in [-0.05, 0) is 0 Å². The minimum Gasteiger partial charge on any atom is -0.394 e. The van der Waals surface area contributed by atoms with Crippen LogP contribution in [0.5, 0.6) is 0 Å². The Morgan fingerprint density at radius 3 is 2.79 bits per heavy atom. The maximum absolute atomic E-state index is 9.95. The lowest BCUT2D eigenvalue weighted by molar-refractivity contribution is -0.752. The van der Waals surface area contributed by atoms with Gasteiger partial charge in [0, 0.05) is 0 Å². The van der Waals surface area contributed by atoms with E-state index in [2.05, 4.69) is 15.3 Å². The quantitative estimate of drug-likeness (QED) is 0.326. The lowest BCUT2D eigenvalue weighted by Crippen LogP contribution is -2.47. The summed E-state index contributed by atoms with van der Waals surface area (Å²) in [7, 11) is 0. The lowest BCUT2D eigenvalue weighted by Gasteiger charge is -2.15. The van der Waals surface area contributed by atoms with Crippen LogP contribution in [0.4, 0.5) is 5.82 Å². The van der Waals surface area contributed by atoms with Crippen molar-refractivity contribution in [1.29, 1.82) is 0 Å². The van der Waals surface area contributed by atoms with Crippen LogP contribution in [0, 0.1) is 0 Å². The van der Waals surface area contributed by atoms with E-state index in [1.54, 1.807) is 0 Å². The Labute approximate surface area is 107 Å². The van der Waals surface area contributed by atoms with Crippen LogP contribution in [0.15, 0.2) is 11.3 Å². The molecule has 0 aromatic carbocycles. The van der Waals surface area contributed by atoms with Crippen molar-refractivity contribution in [1.82, 2.24) is 4.98 Å². The van der Waals surface area contributed by atoms with E-state index in [0.29, 0.717) is 11.5 Å². The van der Waals surface area contributed by atoms with Crippen LogP contribution in [-0.2, 0) is 4.74 Å². The number of aliphatic hydroxyl groups is 4. The summed E-state index contributed by atoms with van der Waals surface area (Å²) in [6.45, 7) is -0.389. The van der Waals surface area contributed by atoms with Crippen LogP contribution < -0.4 is 9.88 Å². The van der Waals surface area contributed by atoms with E-state index in [9.17, 15) is 15.3 Å². The van der Waals surface area contributed by atoms with Crippen molar-refractivity contribution in [2.75, 3.05) is 11.9 Å². The molecule has 1 aromatic heterocycles. The summed E-state index contributed by atoms with van der Waals surface area (Å²) in [6, 6.07) is 0. The molecule has 0 unspecified atom stereocenters. The molecule has 104 valence electrons. The highest BCUT2D eigenvalue weighted by Gasteiger charge is 2.47. The molecule has 1 saturated heterocycles. The van der Waals surface area contributed by atoms with Crippen LogP contribution in [-0.4, -0.2) is 56.7 Å². The number of nitrogens with one attached hydrogen (secondary N) is 2. The third-order valence-corrected chi connectivity index (χ3v) is 3.34. The number of H-pyrrole nitrogens is 1. The Hall–Kier alpha value is -1.52. The molecule has 0 spiro atoms. The second kappa shape index (κ2) is 4.54. The van der Waals surface area contributed by atoms with Gasteiger partial charge in [-0.25, -0.2) is 9.56 Å². The van der Waals surface area contributed by atoms with Crippen molar-refractivity contribution in [3.63, 3.8) is 0 Å². The average molecular weight is 271 g/mol. The fraction of sp³-hybridized carbons (Fsp3) is 0.600. The number of fused-ring (bicyclic) bond motifs is 1. The zero-order valence-corrected chi connectivity index (χ0v) is 9.84. The minimum atomic E-state index is -1.18. The number of rotatable bonds is 2. The highest BCUT2D eigenvalue weighted by Crippen LogP contribution is 2.29. The molecule has 9 nitrogen and oxygen atoms in total. The van der Waals surface area contributed by atoms with Crippen molar-refractivity contribution in [2.45, 2.75) is 30.8 Å². The normalized spacial score (nSPS) is 37.2. The van der Waals surface area contributed by atoms with Crippen molar-refractivity contribution in [3.05, 3.63) is 12.0 Å². The number of hydrogen-bond donors (Lipinski definition) is 6. The summed E-state index contributed by atoms with van der Waals surface area (Å²) in [6.07, 6.45) is -2.25. The third-order valence-electron chi connectivity index (χ3n) is 3.34. The smallest absolute Gasteiger partial charge is 0.269 e. The maximum Gasteiger partial charge on any atom is 0.269 e. The fourth-order valence-corrected chi connectivity index (χ4v) is 2.31. The molecule has 2 aliphatic heterocycles. The van der Waals surface area contributed by atoms with Gasteiger partial charge >= 0.3 is 0 Å². The largest absolute Gasteiger partial charge is 0.394 e. The summed E-state index contributed by atoms with van der Waals surface area (Å²) in [5, 5.41) is 41.2. The van der Waals surface area contributed by atoms with E-state index < -0.39 is 30.8 Å². The van der Waals surface area contributed by atoms with Gasteiger partial charge in [0.25, 0.3) is 5.82 Å². The molecule has 19 heavy (non-hydrogen) atoms. The SMILES string of the molecule is OC[C@@H]1O[C@@H]([n+]2c[nH]c3c2NC=N[C@@H]3O)[C@H](O)[C@H]1O. The number of nitrogens with zero attached hydrogens (tertiary/aromatic N) is 2. The van der Waals surface area contributed by atoms with E-state index in [4.69, 9.17) is 9.84 Å². The van der Waals surface area contributed by atoms with Gasteiger partial charge in [0.2, 0.25) is 12.5 Å². The number of anilines is 1. The number of aliphatic hydroxyl groups excluding tert-OH is 4. The first-order valence-corrected chi connectivity index (χ1v) is 5.84. The number of ether oxygens (including phenoxy) is 1. The summed E-state index contributed by atoms with van der Waals surface area (Å²) in [5.41, 5.74) is 0.431. The molecule has 3 heterocycles. The van der Waals surface area contributed by atoms with Gasteiger partial charge in [-0.15, -0.1) is 0 Å². The van der Waals surface area contributed by atoms with Gasteiger partial charge in [-0.3, -0.25) is 10.3 Å².